The first-order chi connectivity index (χ1) is 8.17. The molecule has 0 aromatic carbocycles. The molecule has 110 valence electrons. The molecule has 1 rings (SSSR count). The van der Waals surface area contributed by atoms with Crippen molar-refractivity contribution in [1.82, 2.24) is 0 Å². The number of hydrogen-bond donors (Lipinski definition) is 1. The Morgan fingerprint density at radius 3 is 1.42 bits per heavy atom. The summed E-state index contributed by atoms with van der Waals surface area (Å²) in [7, 11) is 0. The molecule has 0 bridgehead atoms. The summed E-state index contributed by atoms with van der Waals surface area (Å²) in [5.41, 5.74) is -2.40. The highest BCUT2D eigenvalue weighted by atomic mass is 19.4. The van der Waals surface area contributed by atoms with E-state index in [0.717, 1.165) is 12.2 Å². The van der Waals surface area contributed by atoms with Gasteiger partial charge in [-0.15, -0.1) is 0 Å². The zero-order valence-electron chi connectivity index (χ0n) is 12.4. The van der Waals surface area contributed by atoms with E-state index in [4.69, 9.17) is 0 Å². The Kier molecular flexibility index (Phi) is 3.74. The lowest BCUT2D eigenvalue weighted by molar-refractivity contribution is -0.221. The Bertz CT molecular complexity index is 384. The predicted octanol–water partition coefficient (Wildman–Crippen LogP) is 4.63. The van der Waals surface area contributed by atoms with Gasteiger partial charge in [0.25, 0.3) is 0 Å². The lowest BCUT2D eigenvalue weighted by Crippen LogP contribution is -2.44. The third kappa shape index (κ3) is 3.41. The third-order valence-electron chi connectivity index (χ3n) is 3.55. The van der Waals surface area contributed by atoms with E-state index in [2.05, 4.69) is 0 Å². The van der Waals surface area contributed by atoms with Gasteiger partial charge >= 0.3 is 6.18 Å². The molecule has 4 heteroatoms. The van der Waals surface area contributed by atoms with Crippen molar-refractivity contribution < 1.29 is 18.3 Å². The van der Waals surface area contributed by atoms with Crippen molar-refractivity contribution in [3.05, 3.63) is 23.3 Å². The number of halogens is 3. The van der Waals surface area contributed by atoms with Crippen molar-refractivity contribution >= 4 is 0 Å². The molecular formula is C15H23F3O. The van der Waals surface area contributed by atoms with E-state index in [-0.39, 0.29) is 0 Å². The maximum Gasteiger partial charge on any atom is 0.424 e. The van der Waals surface area contributed by atoms with Gasteiger partial charge in [-0.3, -0.25) is 0 Å². The van der Waals surface area contributed by atoms with Crippen molar-refractivity contribution in [3.8, 4) is 0 Å². The molecule has 0 aliphatic heterocycles. The first-order valence-electron chi connectivity index (χ1n) is 6.40. The SMILES string of the molecule is CC(C)(C)C1=CC(O)(C(F)(F)F)C=C(C(C)(C)C)C1. The Morgan fingerprint density at radius 1 is 0.895 bits per heavy atom. The summed E-state index contributed by atoms with van der Waals surface area (Å²) in [4.78, 5) is 0. The highest BCUT2D eigenvalue weighted by molar-refractivity contribution is 5.38. The van der Waals surface area contributed by atoms with E-state index in [0.29, 0.717) is 17.6 Å². The van der Waals surface area contributed by atoms with E-state index in [1.54, 1.807) is 0 Å². The largest absolute Gasteiger partial charge is 0.424 e. The normalized spacial score (nSPS) is 20.9. The van der Waals surface area contributed by atoms with Crippen molar-refractivity contribution in [2.24, 2.45) is 10.8 Å². The Labute approximate surface area is 113 Å². The minimum atomic E-state index is -4.69. The molecule has 0 aromatic heterocycles. The van der Waals surface area contributed by atoms with Crippen molar-refractivity contribution in [2.45, 2.75) is 59.7 Å². The molecule has 0 saturated carbocycles. The molecule has 19 heavy (non-hydrogen) atoms. The minimum Gasteiger partial charge on any atom is -0.373 e. The van der Waals surface area contributed by atoms with Crippen LogP contribution < -0.4 is 0 Å². The van der Waals surface area contributed by atoms with Crippen LogP contribution >= 0.6 is 0 Å². The Morgan fingerprint density at radius 2 is 1.21 bits per heavy atom. The maximum atomic E-state index is 13.1. The van der Waals surface area contributed by atoms with Gasteiger partial charge in [-0.25, -0.2) is 0 Å². The van der Waals surface area contributed by atoms with Crippen LogP contribution in [0.2, 0.25) is 0 Å². The first-order valence-corrected chi connectivity index (χ1v) is 6.40. The van der Waals surface area contributed by atoms with Crippen LogP contribution in [0, 0.1) is 10.8 Å². The smallest absolute Gasteiger partial charge is 0.373 e. The lowest BCUT2D eigenvalue weighted by atomic mass is 9.70. The number of alkyl halides is 3. The Hall–Kier alpha value is -0.770. The number of hydrogen-bond acceptors (Lipinski definition) is 1. The molecule has 1 aliphatic rings. The fourth-order valence-corrected chi connectivity index (χ4v) is 2.01. The van der Waals surface area contributed by atoms with Gasteiger partial charge in [0, 0.05) is 0 Å². The van der Waals surface area contributed by atoms with Gasteiger partial charge in [-0.1, -0.05) is 52.7 Å². The zero-order chi connectivity index (χ0) is 15.3. The molecular weight excluding hydrogens is 253 g/mol. The summed E-state index contributed by atoms with van der Waals surface area (Å²) >= 11 is 0. The van der Waals surface area contributed by atoms with Crippen LogP contribution in [-0.2, 0) is 0 Å². The fourth-order valence-electron chi connectivity index (χ4n) is 2.01. The van der Waals surface area contributed by atoms with Crippen LogP contribution in [0.5, 0.6) is 0 Å². The van der Waals surface area contributed by atoms with Gasteiger partial charge in [-0.05, 0) is 29.4 Å². The first kappa shape index (κ1) is 16.3. The molecule has 0 radical (unpaired) electrons. The van der Waals surface area contributed by atoms with Crippen molar-refractivity contribution in [2.75, 3.05) is 0 Å². The van der Waals surface area contributed by atoms with Gasteiger partial charge in [0.05, 0.1) is 0 Å². The molecule has 1 aliphatic carbocycles. The summed E-state index contributed by atoms with van der Waals surface area (Å²) in [6, 6.07) is 0. The van der Waals surface area contributed by atoms with Crippen molar-refractivity contribution in [1.29, 1.82) is 0 Å². The second kappa shape index (κ2) is 4.37. The third-order valence-corrected chi connectivity index (χ3v) is 3.55. The molecule has 1 N–H and O–H groups in total. The predicted molar refractivity (Wildman–Crippen MR) is 70.7 cm³/mol. The molecule has 0 aromatic rings. The highest BCUT2D eigenvalue weighted by Crippen LogP contribution is 2.46. The molecule has 0 amide bonds. The molecule has 0 fully saturated rings. The average molecular weight is 276 g/mol. The number of aliphatic hydroxyl groups is 1. The molecule has 0 unspecified atom stereocenters. The topological polar surface area (TPSA) is 20.2 Å². The second-order valence-corrected chi connectivity index (χ2v) is 7.34. The maximum absolute atomic E-state index is 13.1. The van der Waals surface area contributed by atoms with E-state index >= 15 is 0 Å². The van der Waals surface area contributed by atoms with Crippen molar-refractivity contribution in [3.63, 3.8) is 0 Å². The van der Waals surface area contributed by atoms with E-state index in [1.807, 2.05) is 41.5 Å². The fraction of sp³-hybridized carbons (Fsp3) is 0.733. The van der Waals surface area contributed by atoms with Crippen LogP contribution in [-0.4, -0.2) is 16.9 Å². The second-order valence-electron chi connectivity index (χ2n) is 7.34. The van der Waals surface area contributed by atoms with Crippen LogP contribution in [0.4, 0.5) is 13.2 Å². The van der Waals surface area contributed by atoms with E-state index in [9.17, 15) is 18.3 Å². The van der Waals surface area contributed by atoms with Gasteiger partial charge in [0.15, 0.2) is 5.60 Å². The molecule has 1 nitrogen and oxygen atoms in total. The summed E-state index contributed by atoms with van der Waals surface area (Å²) in [5.74, 6) is 0. The Balaban J connectivity index is 3.39. The van der Waals surface area contributed by atoms with Gasteiger partial charge in [0.1, 0.15) is 0 Å². The van der Waals surface area contributed by atoms with Gasteiger partial charge in [-0.2, -0.15) is 13.2 Å². The van der Waals surface area contributed by atoms with E-state index < -0.39 is 22.6 Å². The monoisotopic (exact) mass is 276 g/mol. The molecule has 0 spiro atoms. The minimum absolute atomic E-state index is 0.399. The summed E-state index contributed by atoms with van der Waals surface area (Å²) < 4.78 is 39.3. The van der Waals surface area contributed by atoms with Crippen LogP contribution in [0.3, 0.4) is 0 Å². The van der Waals surface area contributed by atoms with E-state index in [1.165, 1.54) is 0 Å². The quantitative estimate of drug-likeness (QED) is 0.640. The summed E-state index contributed by atoms with van der Waals surface area (Å²) in [5, 5.41) is 10.00. The summed E-state index contributed by atoms with van der Waals surface area (Å²) in [6.07, 6.45) is -2.27. The van der Waals surface area contributed by atoms with Crippen LogP contribution in [0.15, 0.2) is 23.3 Å². The zero-order valence-corrected chi connectivity index (χ0v) is 12.4. The van der Waals surface area contributed by atoms with Crippen LogP contribution in [0.1, 0.15) is 48.0 Å². The lowest BCUT2D eigenvalue weighted by Gasteiger charge is -2.38. The molecule has 0 saturated heterocycles. The number of rotatable bonds is 0. The molecule has 0 atom stereocenters. The highest BCUT2D eigenvalue weighted by Gasteiger charge is 2.53. The standard InChI is InChI=1S/C15H23F3O/c1-12(2,3)10-7-11(13(4,5)6)9-14(19,8-10)15(16,17)18/h8-9,19H,7H2,1-6H3. The van der Waals surface area contributed by atoms with Crippen LogP contribution in [0.25, 0.3) is 0 Å². The van der Waals surface area contributed by atoms with Gasteiger partial charge in [0.2, 0.25) is 0 Å². The number of allylic oxidation sites excluding steroid dienone is 2. The van der Waals surface area contributed by atoms with Gasteiger partial charge < -0.3 is 5.11 Å². The summed E-state index contributed by atoms with van der Waals surface area (Å²) in [6.45, 7) is 11.2. The average Bonchev–Trinajstić information content (AvgIpc) is 2.12. The molecule has 0 heterocycles.